The summed E-state index contributed by atoms with van der Waals surface area (Å²) in [4.78, 5) is 15.8. The minimum absolute atomic E-state index is 0.140. The van der Waals surface area contributed by atoms with Crippen molar-refractivity contribution in [1.82, 2.24) is 10.3 Å². The van der Waals surface area contributed by atoms with E-state index >= 15 is 0 Å². The summed E-state index contributed by atoms with van der Waals surface area (Å²) in [6.45, 7) is 6.21. The lowest BCUT2D eigenvalue weighted by molar-refractivity contribution is 0.0923. The van der Waals surface area contributed by atoms with Crippen LogP contribution in [-0.4, -0.2) is 16.9 Å². The Balaban J connectivity index is 2.66. The predicted molar refractivity (Wildman–Crippen MR) is 65.0 cm³/mol. The number of anilines is 1. The second-order valence-electron chi connectivity index (χ2n) is 4.12. The van der Waals surface area contributed by atoms with Gasteiger partial charge in [-0.1, -0.05) is 20.3 Å². The summed E-state index contributed by atoms with van der Waals surface area (Å²) in [6.07, 6.45) is 2.57. The molecule has 88 valence electrons. The van der Waals surface area contributed by atoms with Crippen LogP contribution in [-0.2, 0) is 0 Å². The molecule has 0 saturated carbocycles. The van der Waals surface area contributed by atoms with Crippen LogP contribution in [0.1, 0.15) is 37.7 Å². The van der Waals surface area contributed by atoms with Crippen LogP contribution in [0.2, 0.25) is 0 Å². The maximum Gasteiger partial charge on any atom is 0.270 e. The molecule has 1 heterocycles. The number of aromatic nitrogens is 1. The number of pyridine rings is 1. The Bertz CT molecular complexity index is 365. The lowest BCUT2D eigenvalue weighted by atomic mass is 10.0. The number of carbonyl (C=O) groups is 1. The highest BCUT2D eigenvalue weighted by atomic mass is 16.1. The highest BCUT2D eigenvalue weighted by Crippen LogP contribution is 2.08. The molecule has 0 radical (unpaired) electrons. The van der Waals surface area contributed by atoms with Gasteiger partial charge in [-0.25, -0.2) is 0 Å². The average molecular weight is 221 g/mol. The van der Waals surface area contributed by atoms with Gasteiger partial charge >= 0.3 is 0 Å². The van der Waals surface area contributed by atoms with E-state index in [1.165, 1.54) is 6.20 Å². The molecular weight excluding hydrogens is 202 g/mol. The van der Waals surface area contributed by atoms with Crippen molar-refractivity contribution < 1.29 is 4.79 Å². The first-order valence-corrected chi connectivity index (χ1v) is 5.57. The van der Waals surface area contributed by atoms with Gasteiger partial charge < -0.3 is 11.1 Å². The summed E-state index contributed by atoms with van der Waals surface area (Å²) < 4.78 is 0. The van der Waals surface area contributed by atoms with Gasteiger partial charge in [0.2, 0.25) is 0 Å². The zero-order valence-electron chi connectivity index (χ0n) is 10.0. The molecule has 0 spiro atoms. The van der Waals surface area contributed by atoms with Crippen LogP contribution in [0.5, 0.6) is 0 Å². The topological polar surface area (TPSA) is 68.0 Å². The summed E-state index contributed by atoms with van der Waals surface area (Å²) in [7, 11) is 0. The first-order chi connectivity index (χ1) is 7.54. The number of rotatable bonds is 4. The molecule has 0 saturated heterocycles. The molecule has 1 amide bonds. The molecule has 0 aliphatic rings. The van der Waals surface area contributed by atoms with E-state index in [4.69, 9.17) is 5.73 Å². The highest BCUT2D eigenvalue weighted by Gasteiger charge is 2.15. The Morgan fingerprint density at radius 3 is 2.81 bits per heavy atom. The SMILES string of the molecule is CCC(C)C(C)NC(=O)c1cc(N)ccn1. The summed E-state index contributed by atoms with van der Waals surface area (Å²) in [5.74, 6) is 0.283. The molecule has 0 fully saturated rings. The lowest BCUT2D eigenvalue weighted by Gasteiger charge is -2.19. The van der Waals surface area contributed by atoms with E-state index in [1.54, 1.807) is 12.1 Å². The fourth-order valence-electron chi connectivity index (χ4n) is 1.35. The van der Waals surface area contributed by atoms with E-state index in [0.29, 0.717) is 17.3 Å². The first kappa shape index (κ1) is 12.5. The van der Waals surface area contributed by atoms with Gasteiger partial charge in [0.1, 0.15) is 5.69 Å². The van der Waals surface area contributed by atoms with E-state index in [2.05, 4.69) is 24.1 Å². The van der Waals surface area contributed by atoms with Crippen molar-refractivity contribution in [3.05, 3.63) is 24.0 Å². The fraction of sp³-hybridized carbons (Fsp3) is 0.500. The van der Waals surface area contributed by atoms with E-state index in [1.807, 2.05) is 6.92 Å². The molecule has 4 nitrogen and oxygen atoms in total. The number of nitrogens with zero attached hydrogens (tertiary/aromatic N) is 1. The van der Waals surface area contributed by atoms with E-state index in [-0.39, 0.29) is 11.9 Å². The largest absolute Gasteiger partial charge is 0.399 e. The quantitative estimate of drug-likeness (QED) is 0.815. The number of nitrogens with one attached hydrogen (secondary N) is 1. The van der Waals surface area contributed by atoms with Gasteiger partial charge in [0, 0.05) is 17.9 Å². The number of amides is 1. The van der Waals surface area contributed by atoms with Gasteiger partial charge in [0.05, 0.1) is 0 Å². The normalized spacial score (nSPS) is 14.2. The van der Waals surface area contributed by atoms with Crippen molar-refractivity contribution in [2.75, 3.05) is 5.73 Å². The van der Waals surface area contributed by atoms with E-state index in [0.717, 1.165) is 6.42 Å². The van der Waals surface area contributed by atoms with Gasteiger partial charge in [-0.15, -0.1) is 0 Å². The van der Waals surface area contributed by atoms with Crippen molar-refractivity contribution in [2.45, 2.75) is 33.2 Å². The minimum atomic E-state index is -0.167. The summed E-state index contributed by atoms with van der Waals surface area (Å²) in [6, 6.07) is 3.38. The molecule has 1 aromatic heterocycles. The molecule has 2 unspecified atom stereocenters. The molecule has 0 aliphatic heterocycles. The molecule has 0 aromatic carbocycles. The molecule has 4 heteroatoms. The van der Waals surface area contributed by atoms with Crippen LogP contribution in [0, 0.1) is 5.92 Å². The Hall–Kier alpha value is -1.58. The molecule has 0 bridgehead atoms. The van der Waals surface area contributed by atoms with Crippen molar-refractivity contribution in [3.8, 4) is 0 Å². The Morgan fingerprint density at radius 1 is 1.56 bits per heavy atom. The smallest absolute Gasteiger partial charge is 0.270 e. The van der Waals surface area contributed by atoms with Gasteiger partial charge in [-0.05, 0) is 25.0 Å². The molecule has 2 atom stereocenters. The average Bonchev–Trinajstić information content (AvgIpc) is 2.27. The maximum atomic E-state index is 11.8. The third kappa shape index (κ3) is 3.22. The highest BCUT2D eigenvalue weighted by molar-refractivity contribution is 5.93. The van der Waals surface area contributed by atoms with Crippen molar-refractivity contribution >= 4 is 11.6 Å². The van der Waals surface area contributed by atoms with Gasteiger partial charge in [-0.3, -0.25) is 9.78 Å². The second-order valence-corrected chi connectivity index (χ2v) is 4.12. The maximum absolute atomic E-state index is 11.8. The third-order valence-corrected chi connectivity index (χ3v) is 2.87. The van der Waals surface area contributed by atoms with Crippen LogP contribution in [0.3, 0.4) is 0 Å². The third-order valence-electron chi connectivity index (χ3n) is 2.87. The monoisotopic (exact) mass is 221 g/mol. The number of carbonyl (C=O) groups excluding carboxylic acids is 1. The molecule has 3 N–H and O–H groups in total. The Labute approximate surface area is 96.3 Å². The molecule has 0 aliphatic carbocycles. The Morgan fingerprint density at radius 2 is 2.25 bits per heavy atom. The zero-order valence-corrected chi connectivity index (χ0v) is 10.0. The van der Waals surface area contributed by atoms with Crippen molar-refractivity contribution in [1.29, 1.82) is 0 Å². The Kier molecular flexibility index (Phi) is 4.28. The van der Waals surface area contributed by atoms with Crippen LogP contribution in [0.4, 0.5) is 5.69 Å². The number of nitrogens with two attached hydrogens (primary N) is 1. The predicted octanol–water partition coefficient (Wildman–Crippen LogP) is 1.83. The summed E-state index contributed by atoms with van der Waals surface area (Å²) >= 11 is 0. The first-order valence-electron chi connectivity index (χ1n) is 5.57. The second kappa shape index (κ2) is 5.49. The van der Waals surface area contributed by atoms with Crippen LogP contribution in [0.15, 0.2) is 18.3 Å². The number of hydrogen-bond donors (Lipinski definition) is 2. The summed E-state index contributed by atoms with van der Waals surface area (Å²) in [5, 5.41) is 2.92. The fourth-order valence-corrected chi connectivity index (χ4v) is 1.35. The summed E-state index contributed by atoms with van der Waals surface area (Å²) in [5.41, 5.74) is 6.52. The zero-order chi connectivity index (χ0) is 12.1. The molecule has 1 aromatic rings. The molecule has 1 rings (SSSR count). The molecular formula is C12H19N3O. The number of nitrogen functional groups attached to an aromatic ring is 1. The number of hydrogen-bond acceptors (Lipinski definition) is 3. The van der Waals surface area contributed by atoms with E-state index in [9.17, 15) is 4.79 Å². The van der Waals surface area contributed by atoms with Crippen molar-refractivity contribution in [2.24, 2.45) is 5.92 Å². The van der Waals surface area contributed by atoms with Gasteiger partial charge in [0.15, 0.2) is 0 Å². The van der Waals surface area contributed by atoms with Crippen LogP contribution < -0.4 is 11.1 Å². The molecule has 16 heavy (non-hydrogen) atoms. The van der Waals surface area contributed by atoms with E-state index < -0.39 is 0 Å². The lowest BCUT2D eigenvalue weighted by Crippen LogP contribution is -2.37. The van der Waals surface area contributed by atoms with Crippen molar-refractivity contribution in [3.63, 3.8) is 0 Å². The van der Waals surface area contributed by atoms with Crippen LogP contribution >= 0.6 is 0 Å². The minimum Gasteiger partial charge on any atom is -0.399 e. The van der Waals surface area contributed by atoms with Crippen LogP contribution in [0.25, 0.3) is 0 Å². The van der Waals surface area contributed by atoms with Gasteiger partial charge in [-0.2, -0.15) is 0 Å². The standard InChI is InChI=1S/C12H19N3O/c1-4-8(2)9(3)15-12(16)11-7-10(13)5-6-14-11/h5-9H,4H2,1-3H3,(H2,13,14)(H,15,16). The van der Waals surface area contributed by atoms with Gasteiger partial charge in [0.25, 0.3) is 5.91 Å².